The molecule has 1 amide bonds. The number of nitrogens with one attached hydrogen (secondary N) is 1. The van der Waals surface area contributed by atoms with Gasteiger partial charge in [0.05, 0.1) is 31.2 Å². The first kappa shape index (κ1) is 19.8. The highest BCUT2D eigenvalue weighted by molar-refractivity contribution is 8.00. The van der Waals surface area contributed by atoms with Crippen molar-refractivity contribution in [3.8, 4) is 22.8 Å². The lowest BCUT2D eigenvalue weighted by atomic mass is 10.1. The summed E-state index contributed by atoms with van der Waals surface area (Å²) in [6.07, 6.45) is 3.48. The molecule has 0 atom stereocenters. The summed E-state index contributed by atoms with van der Waals surface area (Å²) in [6, 6.07) is 16.9. The standard InChI is InChI=1S/C22H20N4O3S/c1-28-17-8-6-15(7-9-17)19-13-20-22(23-10-11-26(20)25-19)30-14-21(27)24-16-4-3-5-18(12-16)29-2/h3-13H,14H2,1-2H3,(H,24,27). The molecule has 2 heterocycles. The first-order valence-electron chi connectivity index (χ1n) is 9.22. The van der Waals surface area contributed by atoms with E-state index in [-0.39, 0.29) is 11.7 Å². The molecule has 7 nitrogen and oxygen atoms in total. The minimum Gasteiger partial charge on any atom is -0.497 e. The zero-order valence-corrected chi connectivity index (χ0v) is 17.3. The fraction of sp³-hybridized carbons (Fsp3) is 0.136. The number of benzene rings is 2. The Balaban J connectivity index is 1.48. The second kappa shape index (κ2) is 8.87. The Bertz CT molecular complexity index is 1170. The van der Waals surface area contributed by atoms with Crippen LogP contribution in [-0.2, 0) is 4.79 Å². The van der Waals surface area contributed by atoms with Crippen LogP contribution in [0.2, 0.25) is 0 Å². The monoisotopic (exact) mass is 420 g/mol. The number of rotatable bonds is 7. The molecule has 1 N–H and O–H groups in total. The van der Waals surface area contributed by atoms with E-state index < -0.39 is 0 Å². The van der Waals surface area contributed by atoms with E-state index in [1.54, 1.807) is 37.2 Å². The van der Waals surface area contributed by atoms with E-state index in [1.807, 2.05) is 48.5 Å². The number of thioether (sulfide) groups is 1. The topological polar surface area (TPSA) is 77.8 Å². The zero-order chi connectivity index (χ0) is 20.9. The molecule has 0 saturated carbocycles. The number of carbonyl (C=O) groups is 1. The van der Waals surface area contributed by atoms with Crippen LogP contribution >= 0.6 is 11.8 Å². The van der Waals surface area contributed by atoms with Gasteiger partial charge in [0.25, 0.3) is 0 Å². The van der Waals surface area contributed by atoms with Crippen LogP contribution in [0.4, 0.5) is 5.69 Å². The molecular formula is C22H20N4O3S. The van der Waals surface area contributed by atoms with Gasteiger partial charge in [-0.1, -0.05) is 17.8 Å². The van der Waals surface area contributed by atoms with Crippen molar-refractivity contribution in [3.05, 3.63) is 67.0 Å². The Hall–Kier alpha value is -3.52. The lowest BCUT2D eigenvalue weighted by Gasteiger charge is -2.07. The molecule has 152 valence electrons. The molecule has 0 fully saturated rings. The summed E-state index contributed by atoms with van der Waals surface area (Å²) >= 11 is 1.37. The predicted octanol–water partition coefficient (Wildman–Crippen LogP) is 4.14. The van der Waals surface area contributed by atoms with Gasteiger partial charge in [-0.15, -0.1) is 0 Å². The minimum atomic E-state index is -0.119. The quantitative estimate of drug-likeness (QED) is 0.453. The number of anilines is 1. The molecule has 2 aromatic heterocycles. The molecule has 0 aliphatic rings. The maximum atomic E-state index is 12.4. The Labute approximate surface area is 178 Å². The van der Waals surface area contributed by atoms with Crippen molar-refractivity contribution in [1.82, 2.24) is 14.6 Å². The smallest absolute Gasteiger partial charge is 0.234 e. The van der Waals surface area contributed by atoms with E-state index in [2.05, 4.69) is 15.4 Å². The van der Waals surface area contributed by atoms with Gasteiger partial charge in [0, 0.05) is 29.7 Å². The van der Waals surface area contributed by atoms with E-state index in [9.17, 15) is 4.79 Å². The van der Waals surface area contributed by atoms with Crippen LogP contribution in [0, 0.1) is 0 Å². The number of ether oxygens (including phenoxy) is 2. The minimum absolute atomic E-state index is 0.119. The molecule has 0 spiro atoms. The predicted molar refractivity (Wildman–Crippen MR) is 117 cm³/mol. The summed E-state index contributed by atoms with van der Waals surface area (Å²) in [6.45, 7) is 0. The number of methoxy groups -OCH3 is 2. The Morgan fingerprint density at radius 3 is 2.63 bits per heavy atom. The van der Waals surface area contributed by atoms with Gasteiger partial charge in [-0.25, -0.2) is 9.50 Å². The molecule has 4 rings (SSSR count). The van der Waals surface area contributed by atoms with Gasteiger partial charge in [-0.2, -0.15) is 5.10 Å². The van der Waals surface area contributed by atoms with E-state index in [1.165, 1.54) is 11.8 Å². The molecule has 2 aromatic carbocycles. The first-order chi connectivity index (χ1) is 14.7. The average molecular weight is 420 g/mol. The average Bonchev–Trinajstić information content (AvgIpc) is 3.23. The first-order valence-corrected chi connectivity index (χ1v) is 10.2. The molecule has 0 unspecified atom stereocenters. The van der Waals surface area contributed by atoms with Gasteiger partial charge < -0.3 is 14.8 Å². The number of hydrogen-bond acceptors (Lipinski definition) is 6. The highest BCUT2D eigenvalue weighted by atomic mass is 32.2. The van der Waals surface area contributed by atoms with Crippen molar-refractivity contribution >= 4 is 28.9 Å². The second-order valence-corrected chi connectivity index (χ2v) is 7.35. The lowest BCUT2D eigenvalue weighted by Crippen LogP contribution is -2.14. The Morgan fingerprint density at radius 1 is 1.07 bits per heavy atom. The number of nitrogens with zero attached hydrogens (tertiary/aromatic N) is 3. The third kappa shape index (κ3) is 4.38. The van der Waals surface area contributed by atoms with Crippen molar-refractivity contribution in [2.45, 2.75) is 5.03 Å². The van der Waals surface area contributed by atoms with Crippen LogP contribution in [0.15, 0.2) is 72.0 Å². The summed E-state index contributed by atoms with van der Waals surface area (Å²) < 4.78 is 12.2. The number of amides is 1. The van der Waals surface area contributed by atoms with Gasteiger partial charge in [-0.05, 0) is 42.5 Å². The molecular weight excluding hydrogens is 400 g/mol. The van der Waals surface area contributed by atoms with E-state index in [4.69, 9.17) is 9.47 Å². The van der Waals surface area contributed by atoms with Crippen molar-refractivity contribution in [2.24, 2.45) is 0 Å². The SMILES string of the molecule is COc1ccc(-c2cc3c(SCC(=O)Nc4cccc(OC)c4)nccn3n2)cc1. The van der Waals surface area contributed by atoms with Crippen molar-refractivity contribution in [2.75, 3.05) is 25.3 Å². The van der Waals surface area contributed by atoms with Crippen LogP contribution in [-0.4, -0.2) is 40.5 Å². The summed E-state index contributed by atoms with van der Waals surface area (Å²) in [5.41, 5.74) is 3.35. The molecule has 30 heavy (non-hydrogen) atoms. The van der Waals surface area contributed by atoms with Crippen LogP contribution in [0.1, 0.15) is 0 Å². The number of carbonyl (C=O) groups excluding carboxylic acids is 1. The van der Waals surface area contributed by atoms with Crippen LogP contribution < -0.4 is 14.8 Å². The third-order valence-corrected chi connectivity index (χ3v) is 5.43. The molecule has 0 radical (unpaired) electrons. The summed E-state index contributed by atoms with van der Waals surface area (Å²) in [4.78, 5) is 16.8. The highest BCUT2D eigenvalue weighted by Gasteiger charge is 2.12. The maximum Gasteiger partial charge on any atom is 0.234 e. The molecule has 0 bridgehead atoms. The van der Waals surface area contributed by atoms with Crippen LogP contribution in [0.5, 0.6) is 11.5 Å². The van der Waals surface area contributed by atoms with Gasteiger partial charge in [0.1, 0.15) is 16.5 Å². The second-order valence-electron chi connectivity index (χ2n) is 6.39. The van der Waals surface area contributed by atoms with E-state index in [0.29, 0.717) is 11.4 Å². The van der Waals surface area contributed by atoms with E-state index in [0.717, 1.165) is 27.5 Å². The maximum absolute atomic E-state index is 12.4. The van der Waals surface area contributed by atoms with Crippen LogP contribution in [0.3, 0.4) is 0 Å². The van der Waals surface area contributed by atoms with Crippen LogP contribution in [0.25, 0.3) is 16.8 Å². The Kier molecular flexibility index (Phi) is 5.85. The highest BCUT2D eigenvalue weighted by Crippen LogP contribution is 2.27. The fourth-order valence-electron chi connectivity index (χ4n) is 2.94. The van der Waals surface area contributed by atoms with E-state index >= 15 is 0 Å². The Morgan fingerprint density at radius 2 is 1.87 bits per heavy atom. The molecule has 0 aliphatic heterocycles. The molecule has 0 saturated heterocycles. The summed E-state index contributed by atoms with van der Waals surface area (Å²) in [5.74, 6) is 1.60. The third-order valence-electron chi connectivity index (χ3n) is 4.43. The normalized spacial score (nSPS) is 10.7. The molecule has 4 aromatic rings. The van der Waals surface area contributed by atoms with Crippen molar-refractivity contribution in [3.63, 3.8) is 0 Å². The molecule has 0 aliphatic carbocycles. The van der Waals surface area contributed by atoms with Crippen molar-refractivity contribution < 1.29 is 14.3 Å². The number of aromatic nitrogens is 3. The number of hydrogen-bond donors (Lipinski definition) is 1. The fourth-order valence-corrected chi connectivity index (χ4v) is 3.72. The number of fused-ring (bicyclic) bond motifs is 1. The zero-order valence-electron chi connectivity index (χ0n) is 16.5. The van der Waals surface area contributed by atoms with Gasteiger partial charge >= 0.3 is 0 Å². The van der Waals surface area contributed by atoms with Crippen molar-refractivity contribution in [1.29, 1.82) is 0 Å². The van der Waals surface area contributed by atoms with Gasteiger partial charge in [0.15, 0.2) is 0 Å². The summed E-state index contributed by atoms with van der Waals surface area (Å²) in [5, 5.41) is 8.24. The van der Waals surface area contributed by atoms with Gasteiger partial charge in [-0.3, -0.25) is 4.79 Å². The largest absolute Gasteiger partial charge is 0.497 e. The lowest BCUT2D eigenvalue weighted by molar-refractivity contribution is -0.113. The molecule has 8 heteroatoms. The summed E-state index contributed by atoms with van der Waals surface area (Å²) in [7, 11) is 3.23. The van der Waals surface area contributed by atoms with Gasteiger partial charge in [0.2, 0.25) is 5.91 Å².